The van der Waals surface area contributed by atoms with Crippen molar-refractivity contribution in [2.45, 2.75) is 44.1 Å². The zero-order chi connectivity index (χ0) is 21.2. The molecule has 2 aromatic carbocycles. The van der Waals surface area contributed by atoms with Gasteiger partial charge in [-0.2, -0.15) is 23.4 Å². The molecule has 0 saturated carbocycles. The summed E-state index contributed by atoms with van der Waals surface area (Å²) in [7, 11) is 0. The predicted octanol–water partition coefficient (Wildman–Crippen LogP) is 5.63. The zero-order valence-corrected chi connectivity index (χ0v) is 16.4. The normalized spacial score (nSPS) is 17.9. The summed E-state index contributed by atoms with van der Waals surface area (Å²) in [5, 5.41) is 14.4. The Kier molecular flexibility index (Phi) is 5.42. The highest BCUT2D eigenvalue weighted by Crippen LogP contribution is 2.52. The molecule has 2 aliphatic rings. The Bertz CT molecular complexity index is 928. The lowest BCUT2D eigenvalue weighted by Gasteiger charge is -2.15. The Balaban J connectivity index is 1.11. The van der Waals surface area contributed by atoms with Gasteiger partial charge in [0.1, 0.15) is 0 Å². The Morgan fingerprint density at radius 1 is 0.733 bits per heavy atom. The van der Waals surface area contributed by atoms with Gasteiger partial charge in [-0.05, 0) is 24.5 Å². The van der Waals surface area contributed by atoms with E-state index in [9.17, 15) is 13.2 Å². The number of benzene rings is 2. The summed E-state index contributed by atoms with van der Waals surface area (Å²) in [4.78, 5) is 0. The standard InChI is InChI=1S/C21H21F3N4O2/c1-19(25-26-19)17-7-3-15(4-8-17)13-29-11-2-12-30-14-16-5-9-18(10-6-16)20(27-28-20)21(22,23)24/h3-10H,2,11-14H2,1H3. The lowest BCUT2D eigenvalue weighted by atomic mass is 10.0. The van der Waals surface area contributed by atoms with E-state index in [2.05, 4.69) is 20.5 Å². The van der Waals surface area contributed by atoms with Crippen LogP contribution in [0.4, 0.5) is 13.2 Å². The Hall–Kier alpha value is -2.65. The third-order valence-electron chi connectivity index (χ3n) is 5.07. The number of ether oxygens (including phenoxy) is 2. The van der Waals surface area contributed by atoms with E-state index < -0.39 is 11.8 Å². The van der Waals surface area contributed by atoms with Gasteiger partial charge < -0.3 is 9.47 Å². The summed E-state index contributed by atoms with van der Waals surface area (Å²) in [5.74, 6) is 0. The molecule has 0 amide bonds. The van der Waals surface area contributed by atoms with Crippen molar-refractivity contribution in [3.8, 4) is 0 Å². The summed E-state index contributed by atoms with van der Waals surface area (Å²) >= 11 is 0. The minimum absolute atomic E-state index is 0.0233. The number of hydrogen-bond donors (Lipinski definition) is 0. The molecular weight excluding hydrogens is 397 g/mol. The van der Waals surface area contributed by atoms with Gasteiger partial charge in [-0.25, -0.2) is 0 Å². The van der Waals surface area contributed by atoms with Crippen molar-refractivity contribution in [3.63, 3.8) is 0 Å². The van der Waals surface area contributed by atoms with Crippen LogP contribution < -0.4 is 0 Å². The van der Waals surface area contributed by atoms with Crippen LogP contribution in [0, 0.1) is 0 Å². The van der Waals surface area contributed by atoms with Gasteiger partial charge in [0.15, 0.2) is 0 Å². The molecule has 0 radical (unpaired) electrons. The number of halogens is 3. The summed E-state index contributed by atoms with van der Waals surface area (Å²) < 4.78 is 50.2. The first-order chi connectivity index (χ1) is 14.3. The first-order valence-electron chi connectivity index (χ1n) is 9.62. The van der Waals surface area contributed by atoms with Gasteiger partial charge in [-0.15, -0.1) is 10.2 Å². The molecule has 158 valence electrons. The van der Waals surface area contributed by atoms with Crippen molar-refractivity contribution < 1.29 is 22.6 Å². The van der Waals surface area contributed by atoms with Gasteiger partial charge in [0.25, 0.3) is 0 Å². The highest BCUT2D eigenvalue weighted by atomic mass is 19.4. The van der Waals surface area contributed by atoms with Crippen molar-refractivity contribution in [1.29, 1.82) is 0 Å². The molecule has 0 fully saturated rings. The van der Waals surface area contributed by atoms with Gasteiger partial charge >= 0.3 is 11.8 Å². The molecule has 0 unspecified atom stereocenters. The quantitative estimate of drug-likeness (QED) is 0.469. The van der Waals surface area contributed by atoms with E-state index in [1.54, 1.807) is 12.1 Å². The highest BCUT2D eigenvalue weighted by Gasteiger charge is 2.65. The second-order valence-electron chi connectivity index (χ2n) is 7.44. The molecule has 6 nitrogen and oxygen atoms in total. The monoisotopic (exact) mass is 418 g/mol. The average molecular weight is 418 g/mol. The van der Waals surface area contributed by atoms with Crippen molar-refractivity contribution in [1.82, 2.24) is 0 Å². The molecule has 9 heteroatoms. The Labute approximate surface area is 171 Å². The van der Waals surface area contributed by atoms with Crippen LogP contribution in [0.1, 0.15) is 35.6 Å². The van der Waals surface area contributed by atoms with Gasteiger partial charge in [-0.3, -0.25) is 0 Å². The van der Waals surface area contributed by atoms with Crippen LogP contribution >= 0.6 is 0 Å². The lowest BCUT2D eigenvalue weighted by molar-refractivity contribution is -0.166. The fourth-order valence-electron chi connectivity index (χ4n) is 3.03. The largest absolute Gasteiger partial charge is 0.442 e. The number of alkyl halides is 3. The molecule has 0 bridgehead atoms. The number of nitrogens with zero attached hydrogens (tertiary/aromatic N) is 4. The second kappa shape index (κ2) is 7.88. The minimum atomic E-state index is -4.51. The van der Waals surface area contributed by atoms with E-state index in [1.165, 1.54) is 12.1 Å². The molecule has 0 saturated heterocycles. The van der Waals surface area contributed by atoms with Crippen molar-refractivity contribution in [2.24, 2.45) is 20.5 Å². The van der Waals surface area contributed by atoms with Gasteiger partial charge in [0.2, 0.25) is 5.66 Å². The molecule has 0 atom stereocenters. The van der Waals surface area contributed by atoms with Crippen LogP contribution in [0.25, 0.3) is 0 Å². The minimum Gasteiger partial charge on any atom is -0.377 e. The summed E-state index contributed by atoms with van der Waals surface area (Å²) in [5.41, 5.74) is 0.233. The van der Waals surface area contributed by atoms with Crippen LogP contribution in [0.15, 0.2) is 69.0 Å². The molecule has 4 rings (SSSR count). The zero-order valence-electron chi connectivity index (χ0n) is 16.4. The SMILES string of the molecule is CC1(c2ccc(COCCCOCc3ccc(C4(C(F)(F)F)N=N4)cc3)cc2)N=N1. The average Bonchev–Trinajstić information content (AvgIpc) is 3.64. The smallest absolute Gasteiger partial charge is 0.377 e. The number of hydrogen-bond acceptors (Lipinski definition) is 6. The van der Waals surface area contributed by atoms with E-state index >= 15 is 0 Å². The molecule has 30 heavy (non-hydrogen) atoms. The van der Waals surface area contributed by atoms with Crippen LogP contribution in [-0.2, 0) is 34.0 Å². The van der Waals surface area contributed by atoms with Crippen LogP contribution in [-0.4, -0.2) is 19.4 Å². The molecule has 0 N–H and O–H groups in total. The first kappa shape index (κ1) is 20.6. The maximum atomic E-state index is 13.0. The van der Waals surface area contributed by atoms with Crippen LogP contribution in [0.3, 0.4) is 0 Å². The van der Waals surface area contributed by atoms with Crippen molar-refractivity contribution in [3.05, 3.63) is 70.8 Å². The topological polar surface area (TPSA) is 67.9 Å². The fraction of sp³-hybridized carbons (Fsp3) is 0.429. The summed E-state index contributed by atoms with van der Waals surface area (Å²) in [6.45, 7) is 3.86. The lowest BCUT2D eigenvalue weighted by Crippen LogP contribution is -2.30. The molecule has 2 aliphatic heterocycles. The second-order valence-corrected chi connectivity index (χ2v) is 7.44. The summed E-state index contributed by atoms with van der Waals surface area (Å²) in [6, 6.07) is 14.0. The van der Waals surface area contributed by atoms with E-state index in [4.69, 9.17) is 9.47 Å². The highest BCUT2D eigenvalue weighted by molar-refractivity contribution is 5.32. The molecule has 0 aromatic heterocycles. The van der Waals surface area contributed by atoms with Gasteiger partial charge in [-0.1, -0.05) is 48.5 Å². The van der Waals surface area contributed by atoms with Crippen LogP contribution in [0.5, 0.6) is 0 Å². The molecular formula is C21H21F3N4O2. The molecule has 0 aliphatic carbocycles. The first-order valence-corrected chi connectivity index (χ1v) is 9.62. The van der Waals surface area contributed by atoms with E-state index in [0.717, 1.165) is 23.1 Å². The predicted molar refractivity (Wildman–Crippen MR) is 102 cm³/mol. The summed E-state index contributed by atoms with van der Waals surface area (Å²) in [6.07, 6.45) is -3.78. The third-order valence-corrected chi connectivity index (χ3v) is 5.07. The van der Waals surface area contributed by atoms with Crippen molar-refractivity contribution >= 4 is 0 Å². The fourth-order valence-corrected chi connectivity index (χ4v) is 3.03. The molecule has 2 aromatic rings. The Morgan fingerprint density at radius 2 is 1.20 bits per heavy atom. The number of rotatable bonds is 10. The molecule has 0 spiro atoms. The molecule has 2 heterocycles. The van der Waals surface area contributed by atoms with E-state index in [0.29, 0.717) is 26.4 Å². The van der Waals surface area contributed by atoms with Crippen LogP contribution in [0.2, 0.25) is 0 Å². The maximum Gasteiger partial charge on any atom is 0.442 e. The third kappa shape index (κ3) is 4.41. The Morgan fingerprint density at radius 3 is 1.60 bits per heavy atom. The van der Waals surface area contributed by atoms with E-state index in [-0.39, 0.29) is 11.2 Å². The maximum absolute atomic E-state index is 13.0. The van der Waals surface area contributed by atoms with E-state index in [1.807, 2.05) is 31.2 Å². The van der Waals surface area contributed by atoms with Crippen molar-refractivity contribution in [2.75, 3.05) is 13.2 Å². The van der Waals surface area contributed by atoms with Gasteiger partial charge in [0.05, 0.1) is 13.2 Å². The van der Waals surface area contributed by atoms with Gasteiger partial charge in [0, 0.05) is 24.3 Å².